The third kappa shape index (κ3) is 6.53. The second-order valence-corrected chi connectivity index (χ2v) is 9.12. The third-order valence-electron chi connectivity index (χ3n) is 6.35. The Hall–Kier alpha value is -3.73. The molecule has 0 spiro atoms. The number of hydrazone groups is 1. The van der Waals surface area contributed by atoms with E-state index in [0.29, 0.717) is 23.8 Å². The smallest absolute Gasteiger partial charge is 0.452 e. The molecule has 0 radical (unpaired) electrons. The Balaban J connectivity index is 1.18. The first-order valence-electron chi connectivity index (χ1n) is 12.3. The summed E-state index contributed by atoms with van der Waals surface area (Å²) in [5.41, 5.74) is 4.36. The fourth-order valence-electron chi connectivity index (χ4n) is 4.41. The molecule has 1 N–H and O–H groups in total. The average Bonchev–Trinajstić information content (AvgIpc) is 3.62. The third-order valence-corrected chi connectivity index (χ3v) is 6.35. The van der Waals surface area contributed by atoms with Gasteiger partial charge in [-0.1, -0.05) is 12.1 Å². The Morgan fingerprint density at radius 3 is 2.46 bits per heavy atom. The SMILES string of the molecule is Cc1cc(C2=NN(c3ccc(OC(F)(F)F)cc3)CO2)nn1Cc1ccc(NCCN2CCCC2)cc1. The highest BCUT2D eigenvalue weighted by Gasteiger charge is 2.31. The number of likely N-dealkylation sites (tertiary alicyclic amines) is 1. The number of hydrogen-bond donors (Lipinski definition) is 1. The van der Waals surface area contributed by atoms with E-state index in [1.807, 2.05) is 17.7 Å². The lowest BCUT2D eigenvalue weighted by atomic mass is 10.2. The number of benzene rings is 2. The van der Waals surface area contributed by atoms with Crippen LogP contribution in [0.5, 0.6) is 5.75 Å². The zero-order valence-corrected chi connectivity index (χ0v) is 20.5. The predicted octanol–water partition coefficient (Wildman–Crippen LogP) is 4.80. The number of aromatic nitrogens is 2. The van der Waals surface area contributed by atoms with Gasteiger partial charge in [-0.05, 0) is 80.9 Å². The Kier molecular flexibility index (Phi) is 7.22. The van der Waals surface area contributed by atoms with Gasteiger partial charge in [0.1, 0.15) is 11.4 Å². The van der Waals surface area contributed by atoms with Crippen LogP contribution in [0.1, 0.15) is 29.8 Å². The van der Waals surface area contributed by atoms with Crippen molar-refractivity contribution >= 4 is 17.3 Å². The molecule has 2 aliphatic rings. The van der Waals surface area contributed by atoms with Crippen molar-refractivity contribution in [1.82, 2.24) is 14.7 Å². The molecule has 3 heterocycles. The van der Waals surface area contributed by atoms with Crippen molar-refractivity contribution in [2.45, 2.75) is 32.7 Å². The fraction of sp³-hybridized carbons (Fsp3) is 0.385. The second-order valence-electron chi connectivity index (χ2n) is 9.12. The maximum atomic E-state index is 12.4. The van der Waals surface area contributed by atoms with E-state index in [9.17, 15) is 13.2 Å². The van der Waals surface area contributed by atoms with Crippen LogP contribution in [0.4, 0.5) is 24.5 Å². The molecule has 1 fully saturated rings. The zero-order valence-electron chi connectivity index (χ0n) is 20.5. The fourth-order valence-corrected chi connectivity index (χ4v) is 4.41. The summed E-state index contributed by atoms with van der Waals surface area (Å²) < 4.78 is 48.6. The molecule has 0 amide bonds. The van der Waals surface area contributed by atoms with E-state index in [4.69, 9.17) is 4.74 Å². The zero-order chi connectivity index (χ0) is 25.8. The molecule has 0 unspecified atom stereocenters. The van der Waals surface area contributed by atoms with Crippen LogP contribution in [0.3, 0.4) is 0 Å². The van der Waals surface area contributed by atoms with E-state index < -0.39 is 6.36 Å². The molecule has 196 valence electrons. The van der Waals surface area contributed by atoms with Crippen molar-refractivity contribution in [3.63, 3.8) is 0 Å². The Labute approximate surface area is 213 Å². The van der Waals surface area contributed by atoms with Gasteiger partial charge >= 0.3 is 6.36 Å². The van der Waals surface area contributed by atoms with Gasteiger partial charge in [0.25, 0.3) is 5.90 Å². The van der Waals surface area contributed by atoms with Gasteiger partial charge in [-0.3, -0.25) is 4.68 Å². The minimum Gasteiger partial charge on any atom is -0.452 e. The highest BCUT2D eigenvalue weighted by atomic mass is 19.4. The molecule has 0 bridgehead atoms. The predicted molar refractivity (Wildman–Crippen MR) is 135 cm³/mol. The van der Waals surface area contributed by atoms with E-state index in [1.165, 1.54) is 50.2 Å². The number of hydrogen-bond acceptors (Lipinski definition) is 7. The monoisotopic (exact) mass is 514 g/mol. The number of aryl methyl sites for hydroxylation is 1. The van der Waals surface area contributed by atoms with Crippen molar-refractivity contribution in [2.75, 3.05) is 43.2 Å². The van der Waals surface area contributed by atoms with Crippen molar-refractivity contribution in [2.24, 2.45) is 5.10 Å². The van der Waals surface area contributed by atoms with E-state index >= 15 is 0 Å². The van der Waals surface area contributed by atoms with E-state index in [-0.39, 0.29) is 12.5 Å². The lowest BCUT2D eigenvalue weighted by Gasteiger charge is -2.15. The van der Waals surface area contributed by atoms with Crippen LogP contribution in [0.2, 0.25) is 0 Å². The van der Waals surface area contributed by atoms with Gasteiger partial charge in [-0.25, -0.2) is 5.01 Å². The topological polar surface area (TPSA) is 67.2 Å². The molecule has 2 aromatic carbocycles. The minimum atomic E-state index is -4.73. The van der Waals surface area contributed by atoms with Crippen LogP contribution in [0, 0.1) is 6.92 Å². The molecular formula is C26H29F3N6O2. The summed E-state index contributed by atoms with van der Waals surface area (Å²) in [5.74, 6) is 0.0656. The standard InChI is InChI=1S/C26H29F3N6O2/c1-19-16-24(25-32-35(18-36-25)22-8-10-23(11-9-22)37-26(27,28)29)31-34(19)17-20-4-6-21(7-5-20)30-12-15-33-13-2-3-14-33/h4-11,16,30H,2-3,12-15,17-18H2,1H3. The second kappa shape index (κ2) is 10.7. The molecule has 2 aliphatic heterocycles. The molecule has 0 atom stereocenters. The lowest BCUT2D eigenvalue weighted by molar-refractivity contribution is -0.274. The Bertz CT molecular complexity index is 1220. The van der Waals surface area contributed by atoms with Gasteiger partial charge in [0, 0.05) is 24.5 Å². The molecule has 11 heteroatoms. The number of nitrogens with one attached hydrogen (secondary N) is 1. The Morgan fingerprint density at radius 2 is 1.76 bits per heavy atom. The van der Waals surface area contributed by atoms with E-state index in [2.05, 4.69) is 49.4 Å². The number of anilines is 2. The highest BCUT2D eigenvalue weighted by Crippen LogP contribution is 2.27. The normalized spacial score (nSPS) is 16.1. The summed E-state index contributed by atoms with van der Waals surface area (Å²) in [6.45, 7) is 7.12. The van der Waals surface area contributed by atoms with Crippen molar-refractivity contribution < 1.29 is 22.6 Å². The first-order valence-corrected chi connectivity index (χ1v) is 12.3. The molecule has 5 rings (SSSR count). The summed E-state index contributed by atoms with van der Waals surface area (Å²) in [4.78, 5) is 2.49. The summed E-state index contributed by atoms with van der Waals surface area (Å²) in [7, 11) is 0. The van der Waals surface area contributed by atoms with Crippen LogP contribution < -0.4 is 15.1 Å². The highest BCUT2D eigenvalue weighted by molar-refractivity contribution is 5.94. The molecule has 1 saturated heterocycles. The van der Waals surface area contributed by atoms with E-state index in [1.54, 1.807) is 5.01 Å². The molecular weight excluding hydrogens is 485 g/mol. The summed E-state index contributed by atoms with van der Waals surface area (Å²) in [6.07, 6.45) is -2.12. The van der Waals surface area contributed by atoms with Crippen LogP contribution in [0.15, 0.2) is 59.7 Å². The number of alkyl halides is 3. The molecule has 3 aromatic rings. The number of rotatable bonds is 9. The summed E-state index contributed by atoms with van der Waals surface area (Å²) in [6, 6.07) is 15.7. The summed E-state index contributed by atoms with van der Waals surface area (Å²) in [5, 5.41) is 14.1. The molecule has 0 aliphatic carbocycles. The van der Waals surface area contributed by atoms with Crippen molar-refractivity contribution in [3.05, 3.63) is 71.5 Å². The maximum Gasteiger partial charge on any atom is 0.573 e. The average molecular weight is 515 g/mol. The molecule has 1 aromatic heterocycles. The largest absolute Gasteiger partial charge is 0.573 e. The van der Waals surface area contributed by atoms with Crippen LogP contribution >= 0.6 is 0 Å². The molecule has 37 heavy (non-hydrogen) atoms. The van der Waals surface area contributed by atoms with Crippen LogP contribution in [-0.2, 0) is 11.3 Å². The van der Waals surface area contributed by atoms with E-state index in [0.717, 1.165) is 30.0 Å². The van der Waals surface area contributed by atoms with Gasteiger partial charge in [0.2, 0.25) is 0 Å². The molecule has 0 saturated carbocycles. The van der Waals surface area contributed by atoms with Crippen LogP contribution in [0.25, 0.3) is 0 Å². The first kappa shape index (κ1) is 24.9. The lowest BCUT2D eigenvalue weighted by Crippen LogP contribution is -2.25. The Morgan fingerprint density at radius 1 is 1.03 bits per heavy atom. The summed E-state index contributed by atoms with van der Waals surface area (Å²) >= 11 is 0. The van der Waals surface area contributed by atoms with Gasteiger partial charge < -0.3 is 19.7 Å². The van der Waals surface area contributed by atoms with Crippen molar-refractivity contribution in [3.8, 4) is 5.75 Å². The first-order chi connectivity index (χ1) is 17.8. The minimum absolute atomic E-state index is 0.132. The maximum absolute atomic E-state index is 12.4. The molecule has 8 nitrogen and oxygen atoms in total. The number of halogens is 3. The van der Waals surface area contributed by atoms with Crippen molar-refractivity contribution in [1.29, 1.82) is 0 Å². The van der Waals surface area contributed by atoms with Gasteiger partial charge in [0.05, 0.1) is 12.2 Å². The number of nitrogens with zero attached hydrogens (tertiary/aromatic N) is 5. The number of ether oxygens (including phenoxy) is 2. The van der Waals surface area contributed by atoms with Crippen LogP contribution in [-0.4, -0.2) is 59.9 Å². The van der Waals surface area contributed by atoms with Gasteiger partial charge in [-0.2, -0.15) is 5.10 Å². The quantitative estimate of drug-likeness (QED) is 0.443. The van der Waals surface area contributed by atoms with Gasteiger partial charge in [0.15, 0.2) is 6.73 Å². The van der Waals surface area contributed by atoms with Gasteiger partial charge in [-0.15, -0.1) is 18.3 Å².